The lowest BCUT2D eigenvalue weighted by atomic mass is 9.72. The van der Waals surface area contributed by atoms with Gasteiger partial charge in [0.25, 0.3) is 6.47 Å². The smallest absolute Gasteiger partial charge is 0.290 e. The minimum Gasteiger partial charge on any atom is -0.483 e. The fourth-order valence-corrected chi connectivity index (χ4v) is 5.38. The average molecular weight is 451 g/mol. The summed E-state index contributed by atoms with van der Waals surface area (Å²) in [6.45, 7) is 5.39. The Bertz CT molecular complexity index is 786. The molecule has 4 rings (SSSR count). The van der Waals surface area contributed by atoms with E-state index >= 15 is 0 Å². The van der Waals surface area contributed by atoms with Crippen molar-refractivity contribution in [3.8, 4) is 0 Å². The number of carbonyl (C=O) groups excluding carboxylic acids is 2. The van der Waals surface area contributed by atoms with Crippen molar-refractivity contribution in [1.82, 2.24) is 29.9 Å². The number of hydrogen-bond donors (Lipinski definition) is 2. The lowest BCUT2D eigenvalue weighted by molar-refractivity contribution is -0.153. The number of rotatable bonds is 7. The number of ether oxygens (including phenoxy) is 1. The van der Waals surface area contributed by atoms with Gasteiger partial charge in [-0.25, -0.2) is 0 Å². The third kappa shape index (κ3) is 5.63. The van der Waals surface area contributed by atoms with Crippen LogP contribution in [0.4, 0.5) is 0 Å². The van der Waals surface area contributed by atoms with Gasteiger partial charge in [0.15, 0.2) is 0 Å². The number of hydrogen-bond acceptors (Lipinski definition) is 7. The molecule has 3 aliphatic rings. The number of carboxylic acid groups (broad SMARTS) is 1. The van der Waals surface area contributed by atoms with Crippen LogP contribution in [0.3, 0.4) is 0 Å². The maximum absolute atomic E-state index is 12.8. The van der Waals surface area contributed by atoms with Crippen LogP contribution in [0.25, 0.3) is 0 Å². The van der Waals surface area contributed by atoms with Crippen LogP contribution < -0.4 is 5.32 Å². The predicted octanol–water partition coefficient (Wildman–Crippen LogP) is -0.130. The number of amides is 2. The first-order valence-corrected chi connectivity index (χ1v) is 11.3. The van der Waals surface area contributed by atoms with E-state index in [0.717, 1.165) is 44.7 Å². The second-order valence-corrected chi connectivity index (χ2v) is 8.68. The predicted molar refractivity (Wildman–Crippen MR) is 114 cm³/mol. The lowest BCUT2D eigenvalue weighted by Crippen LogP contribution is -2.67. The van der Waals surface area contributed by atoms with Crippen molar-refractivity contribution in [2.24, 2.45) is 18.9 Å². The number of aromatic nitrogens is 3. The third-order valence-electron chi connectivity index (χ3n) is 6.69. The molecule has 0 aliphatic carbocycles. The highest BCUT2D eigenvalue weighted by Crippen LogP contribution is 2.41. The lowest BCUT2D eigenvalue weighted by Gasteiger charge is -2.56. The number of piperidine rings is 3. The van der Waals surface area contributed by atoms with Crippen molar-refractivity contribution < 1.29 is 24.2 Å². The van der Waals surface area contributed by atoms with E-state index in [2.05, 4.69) is 25.3 Å². The van der Waals surface area contributed by atoms with E-state index in [1.807, 2.05) is 18.5 Å². The largest absolute Gasteiger partial charge is 0.483 e. The molecule has 2 bridgehead atoms. The van der Waals surface area contributed by atoms with Crippen molar-refractivity contribution in [2.45, 2.75) is 51.2 Å². The average Bonchev–Trinajstić information content (AvgIpc) is 3.17. The van der Waals surface area contributed by atoms with Crippen LogP contribution in [0.2, 0.25) is 0 Å². The fraction of sp³-hybridized carbons (Fsp3) is 0.762. The Balaban J connectivity index is 0.000000913. The molecular weight excluding hydrogens is 416 g/mol. The summed E-state index contributed by atoms with van der Waals surface area (Å²) < 4.78 is 7.18. The molecule has 3 saturated heterocycles. The first kappa shape index (κ1) is 24.1. The monoisotopic (exact) mass is 450 g/mol. The maximum atomic E-state index is 12.8. The van der Waals surface area contributed by atoms with Gasteiger partial charge in [0, 0.05) is 45.8 Å². The standard InChI is InChI=1S/C20H32N6O3.CH2O2/c1-3-29-12-19(27)21-8-17-15-7-14(16-5-4-6-20(28)26(16)17)9-25(10-15)11-18-23-22-13-24(18)2;2-1-3/h13-17H,3-12H2,1-2H3,(H,21,27);1H,(H,2,3)/t14-,15+,16+,17+;/m1./s1. The van der Waals surface area contributed by atoms with Crippen LogP contribution in [0, 0.1) is 11.8 Å². The van der Waals surface area contributed by atoms with E-state index in [1.165, 1.54) is 0 Å². The van der Waals surface area contributed by atoms with Gasteiger partial charge in [0.05, 0.1) is 12.6 Å². The zero-order valence-electron chi connectivity index (χ0n) is 18.9. The van der Waals surface area contributed by atoms with E-state index in [-0.39, 0.29) is 37.0 Å². The van der Waals surface area contributed by atoms with Gasteiger partial charge < -0.3 is 24.6 Å². The van der Waals surface area contributed by atoms with Gasteiger partial charge in [-0.3, -0.25) is 19.3 Å². The molecule has 0 radical (unpaired) electrons. The first-order chi connectivity index (χ1) is 15.5. The molecule has 11 heteroatoms. The minimum absolute atomic E-state index is 0.0527. The molecule has 1 aromatic rings. The van der Waals surface area contributed by atoms with Crippen molar-refractivity contribution in [1.29, 1.82) is 0 Å². The van der Waals surface area contributed by atoms with Crippen LogP contribution in [0.1, 0.15) is 38.4 Å². The van der Waals surface area contributed by atoms with Crippen LogP contribution >= 0.6 is 0 Å². The Morgan fingerprint density at radius 3 is 2.81 bits per heavy atom. The molecule has 2 N–H and O–H groups in total. The summed E-state index contributed by atoms with van der Waals surface area (Å²) in [6.07, 6.45) is 5.51. The van der Waals surface area contributed by atoms with E-state index in [1.54, 1.807) is 6.33 Å². The number of nitrogens with one attached hydrogen (secondary N) is 1. The maximum Gasteiger partial charge on any atom is 0.290 e. The molecule has 4 heterocycles. The van der Waals surface area contributed by atoms with Crippen molar-refractivity contribution in [3.05, 3.63) is 12.2 Å². The Hall–Kier alpha value is -2.53. The van der Waals surface area contributed by atoms with E-state index < -0.39 is 0 Å². The van der Waals surface area contributed by atoms with E-state index in [0.29, 0.717) is 31.4 Å². The molecule has 32 heavy (non-hydrogen) atoms. The van der Waals surface area contributed by atoms with Gasteiger partial charge >= 0.3 is 0 Å². The number of likely N-dealkylation sites (tertiary alicyclic amines) is 1. The number of aryl methyl sites for hydroxylation is 1. The summed E-state index contributed by atoms with van der Waals surface area (Å²) in [5.41, 5.74) is 0. The molecule has 3 aliphatic heterocycles. The molecule has 0 spiro atoms. The summed E-state index contributed by atoms with van der Waals surface area (Å²) in [7, 11) is 1.97. The van der Waals surface area contributed by atoms with Gasteiger partial charge in [-0.2, -0.15) is 0 Å². The molecular formula is C21H34N6O5. The molecule has 0 aromatic carbocycles. The van der Waals surface area contributed by atoms with Gasteiger partial charge in [-0.15, -0.1) is 10.2 Å². The van der Waals surface area contributed by atoms with Crippen LogP contribution in [0.15, 0.2) is 6.33 Å². The summed E-state index contributed by atoms with van der Waals surface area (Å²) in [4.78, 5) is 37.9. The van der Waals surface area contributed by atoms with Gasteiger partial charge in [0.1, 0.15) is 18.8 Å². The molecule has 1 aromatic heterocycles. The van der Waals surface area contributed by atoms with Gasteiger partial charge in [-0.1, -0.05) is 0 Å². The molecule has 2 amide bonds. The highest BCUT2D eigenvalue weighted by Gasteiger charge is 2.49. The summed E-state index contributed by atoms with van der Waals surface area (Å²) in [5.74, 6) is 1.95. The molecule has 3 fully saturated rings. The number of fused-ring (bicyclic) bond motifs is 4. The van der Waals surface area contributed by atoms with Crippen molar-refractivity contribution in [2.75, 3.05) is 32.8 Å². The van der Waals surface area contributed by atoms with Crippen LogP contribution in [-0.2, 0) is 32.7 Å². The molecule has 178 valence electrons. The molecule has 11 nitrogen and oxygen atoms in total. The SMILES string of the molecule is CCOCC(=O)NC[C@H]1[C@H]2C[C@H](CN(Cc3nncn3C)C2)[C@@H]2CCCC(=O)N21.O=CO. The second-order valence-electron chi connectivity index (χ2n) is 8.68. The molecule has 0 saturated carbocycles. The topological polar surface area (TPSA) is 130 Å². The van der Waals surface area contributed by atoms with Crippen LogP contribution in [0.5, 0.6) is 0 Å². The number of nitrogens with zero attached hydrogens (tertiary/aromatic N) is 5. The van der Waals surface area contributed by atoms with Crippen molar-refractivity contribution in [3.63, 3.8) is 0 Å². The molecule has 0 unspecified atom stereocenters. The Labute approximate surface area is 188 Å². The fourth-order valence-electron chi connectivity index (χ4n) is 5.38. The van der Waals surface area contributed by atoms with Gasteiger partial charge in [0.2, 0.25) is 11.8 Å². The summed E-state index contributed by atoms with van der Waals surface area (Å²) in [6, 6.07) is 0.334. The Morgan fingerprint density at radius 1 is 1.38 bits per heavy atom. The van der Waals surface area contributed by atoms with Crippen LogP contribution in [-0.4, -0.2) is 92.9 Å². The Kier molecular flexibility index (Phi) is 8.57. The quantitative estimate of drug-likeness (QED) is 0.550. The van der Waals surface area contributed by atoms with E-state index in [9.17, 15) is 9.59 Å². The molecule has 4 atom stereocenters. The second kappa shape index (κ2) is 11.4. The zero-order valence-corrected chi connectivity index (χ0v) is 18.9. The summed E-state index contributed by atoms with van der Waals surface area (Å²) in [5, 5.41) is 18.1. The third-order valence-corrected chi connectivity index (χ3v) is 6.69. The first-order valence-electron chi connectivity index (χ1n) is 11.3. The van der Waals surface area contributed by atoms with Gasteiger partial charge in [-0.05, 0) is 38.0 Å². The highest BCUT2D eigenvalue weighted by atomic mass is 16.5. The highest BCUT2D eigenvalue weighted by molar-refractivity contribution is 5.79. The minimum atomic E-state index is -0.250. The normalized spacial score (nSPS) is 27.2. The van der Waals surface area contributed by atoms with E-state index in [4.69, 9.17) is 14.6 Å². The number of carbonyl (C=O) groups is 3. The van der Waals surface area contributed by atoms with Crippen molar-refractivity contribution >= 4 is 18.3 Å². The Morgan fingerprint density at radius 2 is 2.12 bits per heavy atom. The summed E-state index contributed by atoms with van der Waals surface area (Å²) >= 11 is 0. The zero-order chi connectivity index (χ0) is 23.1.